The molecule has 0 aromatic carbocycles. The van der Waals surface area contributed by atoms with Crippen molar-refractivity contribution in [2.24, 2.45) is 0 Å². The Balaban J connectivity index is 0.000000250. The quantitative estimate of drug-likeness (QED) is 0.548. The Bertz CT molecular complexity index is 64.0. The third kappa shape index (κ3) is 1.26. The molecule has 0 saturated heterocycles. The molecule has 2 heteroatoms. The Labute approximate surface area is 46.7 Å². The van der Waals surface area contributed by atoms with Crippen LogP contribution in [0.15, 0.2) is 29.1 Å². The van der Waals surface area contributed by atoms with E-state index in [1.54, 1.807) is 12.5 Å². The average Bonchev–Trinajstić information content (AvgIpc) is 1.76. The van der Waals surface area contributed by atoms with Crippen LogP contribution in [0.5, 0.6) is 0 Å². The lowest BCUT2D eigenvalue weighted by Crippen LogP contribution is -1.16. The molecule has 0 unspecified atom stereocenters. The molecular weight excluding hydrogens is 144 g/mol. The maximum atomic E-state index is 4.58. The number of halogens is 1. The van der Waals surface area contributed by atoms with E-state index < -0.39 is 0 Å². The van der Waals surface area contributed by atoms with Crippen LogP contribution < -0.4 is 0 Å². The van der Waals surface area contributed by atoms with Gasteiger partial charge in [0.25, 0.3) is 0 Å². The van der Waals surface area contributed by atoms with Gasteiger partial charge in [0.2, 0.25) is 0 Å². The van der Waals surface area contributed by atoms with Gasteiger partial charge in [0, 0.05) is 0 Å². The standard InChI is InChI=1S/C4H4O.BrH/c1-2-4-5-3-1;/h1-4H;1H. The molecule has 1 nitrogen and oxygen atoms in total. The highest BCUT2D eigenvalue weighted by atomic mass is 79.9. The van der Waals surface area contributed by atoms with Gasteiger partial charge in [-0.25, -0.2) is 0 Å². The van der Waals surface area contributed by atoms with Crippen LogP contribution in [0.2, 0.25) is 0 Å². The summed E-state index contributed by atoms with van der Waals surface area (Å²) in [5.41, 5.74) is 0. The first-order valence-electron chi connectivity index (χ1n) is 1.47. The van der Waals surface area contributed by atoms with E-state index in [1.807, 2.05) is 12.1 Å². The highest BCUT2D eigenvalue weighted by Gasteiger charge is 1.58. The number of hydrogen-bond acceptors (Lipinski definition) is 1. The van der Waals surface area contributed by atoms with Crippen molar-refractivity contribution in [2.45, 2.75) is 0 Å². The molecule has 0 bridgehead atoms. The summed E-state index contributed by atoms with van der Waals surface area (Å²) >= 11 is 0. The first-order chi connectivity index (χ1) is 2.50. The van der Waals surface area contributed by atoms with Gasteiger partial charge in [-0.05, 0) is 12.1 Å². The van der Waals surface area contributed by atoms with Crippen LogP contribution in [0, 0.1) is 0 Å². The van der Waals surface area contributed by atoms with Gasteiger partial charge >= 0.3 is 0 Å². The van der Waals surface area contributed by atoms with Gasteiger partial charge in [-0.1, -0.05) is 0 Å². The van der Waals surface area contributed by atoms with Crippen LogP contribution in [0.1, 0.15) is 0 Å². The molecule has 0 spiro atoms. The Morgan fingerprint density at radius 3 is 1.67 bits per heavy atom. The Morgan fingerprint density at radius 1 is 1.00 bits per heavy atom. The van der Waals surface area contributed by atoms with Gasteiger partial charge in [0.15, 0.2) is 0 Å². The topological polar surface area (TPSA) is 13.1 Å². The molecule has 0 aliphatic rings. The summed E-state index contributed by atoms with van der Waals surface area (Å²) in [6.45, 7) is 0. The first kappa shape index (κ1) is 5.76. The van der Waals surface area contributed by atoms with Crippen LogP contribution in [-0.4, -0.2) is 0 Å². The van der Waals surface area contributed by atoms with E-state index in [0.717, 1.165) is 0 Å². The third-order valence-corrected chi connectivity index (χ3v) is 0.425. The molecule has 1 heterocycles. The minimum atomic E-state index is 0. The van der Waals surface area contributed by atoms with Crippen molar-refractivity contribution in [3.05, 3.63) is 24.7 Å². The fraction of sp³-hybridized carbons (Fsp3) is 0. The van der Waals surface area contributed by atoms with Crippen molar-refractivity contribution in [3.63, 3.8) is 0 Å². The maximum Gasteiger partial charge on any atom is 0.0902 e. The molecule has 0 radical (unpaired) electrons. The van der Waals surface area contributed by atoms with Gasteiger partial charge in [-0.15, -0.1) is 17.0 Å². The van der Waals surface area contributed by atoms with Crippen molar-refractivity contribution in [1.29, 1.82) is 0 Å². The van der Waals surface area contributed by atoms with Crippen molar-refractivity contribution >= 4 is 17.0 Å². The predicted octanol–water partition coefficient (Wildman–Crippen LogP) is 1.86. The molecule has 1 rings (SSSR count). The molecule has 0 atom stereocenters. The second-order valence-corrected chi connectivity index (χ2v) is 0.793. The average molecular weight is 149 g/mol. The van der Waals surface area contributed by atoms with Gasteiger partial charge < -0.3 is 4.42 Å². The Kier molecular flexibility index (Phi) is 2.85. The Hall–Kier alpha value is -0.240. The van der Waals surface area contributed by atoms with Gasteiger partial charge in [0.1, 0.15) is 0 Å². The molecule has 0 N–H and O–H groups in total. The molecule has 0 aliphatic heterocycles. The van der Waals surface area contributed by atoms with Crippen molar-refractivity contribution < 1.29 is 4.42 Å². The summed E-state index contributed by atoms with van der Waals surface area (Å²) in [4.78, 5) is 0. The van der Waals surface area contributed by atoms with Crippen LogP contribution in [0.25, 0.3) is 0 Å². The normalized spacial score (nSPS) is 6.67. The van der Waals surface area contributed by atoms with Gasteiger partial charge in [-0.2, -0.15) is 0 Å². The summed E-state index contributed by atoms with van der Waals surface area (Å²) in [6, 6.07) is 3.67. The smallest absolute Gasteiger partial charge is 0.0902 e. The van der Waals surface area contributed by atoms with Crippen molar-refractivity contribution in [2.75, 3.05) is 0 Å². The minimum Gasteiger partial charge on any atom is -0.473 e. The van der Waals surface area contributed by atoms with Crippen molar-refractivity contribution in [3.8, 4) is 0 Å². The van der Waals surface area contributed by atoms with Crippen LogP contribution in [0.4, 0.5) is 0 Å². The second kappa shape index (κ2) is 2.97. The number of furan rings is 1. The lowest BCUT2D eigenvalue weighted by molar-refractivity contribution is 0.567. The molecule has 1 aromatic heterocycles. The summed E-state index contributed by atoms with van der Waals surface area (Å²) in [7, 11) is 0. The summed E-state index contributed by atoms with van der Waals surface area (Å²) in [5, 5.41) is 0. The Morgan fingerprint density at radius 2 is 1.50 bits per heavy atom. The zero-order valence-corrected chi connectivity index (χ0v) is 4.84. The van der Waals surface area contributed by atoms with Crippen LogP contribution >= 0.6 is 17.0 Å². The highest BCUT2D eigenvalue weighted by Crippen LogP contribution is 1.79. The van der Waals surface area contributed by atoms with E-state index in [9.17, 15) is 0 Å². The molecule has 0 fully saturated rings. The zero-order chi connectivity index (χ0) is 3.54. The van der Waals surface area contributed by atoms with E-state index >= 15 is 0 Å². The third-order valence-electron chi connectivity index (χ3n) is 0.425. The van der Waals surface area contributed by atoms with E-state index in [4.69, 9.17) is 0 Å². The molecule has 6 heavy (non-hydrogen) atoms. The first-order valence-corrected chi connectivity index (χ1v) is 1.47. The molecule has 34 valence electrons. The largest absolute Gasteiger partial charge is 0.473 e. The van der Waals surface area contributed by atoms with Crippen molar-refractivity contribution in [1.82, 2.24) is 0 Å². The van der Waals surface area contributed by atoms with Crippen LogP contribution in [0.3, 0.4) is 0 Å². The summed E-state index contributed by atoms with van der Waals surface area (Å²) < 4.78 is 4.58. The van der Waals surface area contributed by atoms with E-state index in [-0.39, 0.29) is 17.0 Å². The zero-order valence-electron chi connectivity index (χ0n) is 3.13. The van der Waals surface area contributed by atoms with Gasteiger partial charge in [-0.3, -0.25) is 0 Å². The van der Waals surface area contributed by atoms with E-state index in [1.165, 1.54) is 0 Å². The van der Waals surface area contributed by atoms with Crippen LogP contribution in [-0.2, 0) is 0 Å². The predicted molar refractivity (Wildman–Crippen MR) is 29.0 cm³/mol. The summed E-state index contributed by atoms with van der Waals surface area (Å²) in [5.74, 6) is 0. The molecule has 0 amide bonds. The number of rotatable bonds is 0. The minimum absolute atomic E-state index is 0. The summed E-state index contributed by atoms with van der Waals surface area (Å²) in [6.07, 6.45) is 3.25. The molecule has 0 saturated carbocycles. The number of hydrogen-bond donors (Lipinski definition) is 0. The lowest BCUT2D eigenvalue weighted by Gasteiger charge is -1.50. The fourth-order valence-corrected chi connectivity index (χ4v) is 0.227. The second-order valence-electron chi connectivity index (χ2n) is 0.793. The lowest BCUT2D eigenvalue weighted by atomic mass is 10.7. The fourth-order valence-electron chi connectivity index (χ4n) is 0.227. The SMILES string of the molecule is Br.c1ccoc1. The highest BCUT2D eigenvalue weighted by molar-refractivity contribution is 8.93. The molecule has 1 aromatic rings. The monoisotopic (exact) mass is 148 g/mol. The van der Waals surface area contributed by atoms with E-state index in [0.29, 0.717) is 0 Å². The van der Waals surface area contributed by atoms with E-state index in [2.05, 4.69) is 4.42 Å². The maximum absolute atomic E-state index is 4.58. The molecular formula is C4H5BrO. The molecule has 0 aliphatic carbocycles. The van der Waals surface area contributed by atoms with Gasteiger partial charge in [0.05, 0.1) is 12.5 Å².